The van der Waals surface area contributed by atoms with E-state index in [4.69, 9.17) is 4.74 Å². The van der Waals surface area contributed by atoms with Crippen LogP contribution >= 0.6 is 0 Å². The Bertz CT molecular complexity index is 910. The van der Waals surface area contributed by atoms with Crippen molar-refractivity contribution >= 4 is 11.8 Å². The fourth-order valence-corrected chi connectivity index (χ4v) is 4.79. The molecule has 0 bridgehead atoms. The summed E-state index contributed by atoms with van der Waals surface area (Å²) in [6.45, 7) is 8.49. The van der Waals surface area contributed by atoms with Crippen molar-refractivity contribution in [3.8, 4) is 5.75 Å². The number of para-hydroxylation sites is 1. The van der Waals surface area contributed by atoms with Gasteiger partial charge >= 0.3 is 0 Å². The van der Waals surface area contributed by atoms with Crippen molar-refractivity contribution in [3.05, 3.63) is 66.2 Å². The number of benzene rings is 2. The number of carbonyl (C=O) groups excluding carboxylic acids is 2. The molecule has 4 rings (SSSR count). The van der Waals surface area contributed by atoms with E-state index in [1.807, 2.05) is 53.4 Å². The number of amides is 2. The average molecular weight is 436 g/mol. The average Bonchev–Trinajstić information content (AvgIpc) is 3.16. The lowest BCUT2D eigenvalue weighted by atomic mass is 9.71. The monoisotopic (exact) mass is 435 g/mol. The minimum absolute atomic E-state index is 0.0256. The molecule has 2 aromatic rings. The van der Waals surface area contributed by atoms with Crippen molar-refractivity contribution < 1.29 is 14.3 Å². The standard InChI is InChI=1S/C26H33N3O3/c1-20(2)13-27-25(31)23-15-28(14-21-9-5-3-6-10-21)17-26(23)18-29(19-26)24(30)16-32-22-11-7-4-8-12-22/h3-12,20,23H,13-19H2,1-2H3,(H,27,31). The molecule has 1 unspecified atom stereocenters. The summed E-state index contributed by atoms with van der Waals surface area (Å²) in [7, 11) is 0. The number of rotatable bonds is 8. The van der Waals surface area contributed by atoms with Crippen molar-refractivity contribution in [3.63, 3.8) is 0 Å². The summed E-state index contributed by atoms with van der Waals surface area (Å²) >= 11 is 0. The van der Waals surface area contributed by atoms with Crippen LogP contribution in [-0.2, 0) is 16.1 Å². The Hall–Kier alpha value is -2.86. The van der Waals surface area contributed by atoms with E-state index in [2.05, 4.69) is 36.2 Å². The molecule has 1 atom stereocenters. The smallest absolute Gasteiger partial charge is 0.260 e. The van der Waals surface area contributed by atoms with Gasteiger partial charge in [-0.05, 0) is 23.6 Å². The highest BCUT2D eigenvalue weighted by Crippen LogP contribution is 2.44. The molecule has 170 valence electrons. The third-order valence-corrected chi connectivity index (χ3v) is 6.44. The lowest BCUT2D eigenvalue weighted by molar-refractivity contribution is -0.151. The molecule has 0 saturated carbocycles. The van der Waals surface area contributed by atoms with Gasteiger partial charge in [-0.2, -0.15) is 0 Å². The molecule has 6 nitrogen and oxygen atoms in total. The highest BCUT2D eigenvalue weighted by molar-refractivity contribution is 5.83. The van der Waals surface area contributed by atoms with Gasteiger partial charge in [-0.15, -0.1) is 0 Å². The maximum Gasteiger partial charge on any atom is 0.260 e. The van der Waals surface area contributed by atoms with Crippen molar-refractivity contribution in [2.45, 2.75) is 20.4 Å². The quantitative estimate of drug-likeness (QED) is 0.693. The minimum atomic E-state index is -0.182. The topological polar surface area (TPSA) is 61.9 Å². The van der Waals surface area contributed by atoms with Crippen LogP contribution in [0.15, 0.2) is 60.7 Å². The number of carbonyl (C=O) groups is 2. The fourth-order valence-electron chi connectivity index (χ4n) is 4.79. The molecule has 0 radical (unpaired) electrons. The SMILES string of the molecule is CC(C)CNC(=O)C1CN(Cc2ccccc2)CC12CN(C(=O)COc1ccccc1)C2. The minimum Gasteiger partial charge on any atom is -0.484 e. The Labute approximate surface area is 190 Å². The maximum absolute atomic E-state index is 13.1. The summed E-state index contributed by atoms with van der Waals surface area (Å²) in [5.41, 5.74) is 1.06. The Morgan fingerprint density at radius 2 is 1.69 bits per heavy atom. The molecule has 2 fully saturated rings. The van der Waals surface area contributed by atoms with Crippen molar-refractivity contribution in [2.75, 3.05) is 39.3 Å². The second-order valence-electron chi connectivity index (χ2n) is 9.56. The summed E-state index contributed by atoms with van der Waals surface area (Å²) in [5, 5.41) is 3.13. The first kappa shape index (κ1) is 22.3. The first-order chi connectivity index (χ1) is 15.4. The molecule has 2 heterocycles. The summed E-state index contributed by atoms with van der Waals surface area (Å²) in [6.07, 6.45) is 0. The number of ether oxygens (including phenoxy) is 1. The van der Waals surface area contributed by atoms with Gasteiger partial charge in [0.2, 0.25) is 5.91 Å². The van der Waals surface area contributed by atoms with Crippen molar-refractivity contribution in [1.29, 1.82) is 0 Å². The number of hydrogen-bond acceptors (Lipinski definition) is 4. The van der Waals surface area contributed by atoms with Crippen LogP contribution in [0, 0.1) is 17.3 Å². The zero-order chi connectivity index (χ0) is 22.6. The van der Waals surface area contributed by atoms with Crippen LogP contribution in [0.4, 0.5) is 0 Å². The number of nitrogens with zero attached hydrogens (tertiary/aromatic N) is 2. The molecule has 32 heavy (non-hydrogen) atoms. The van der Waals surface area contributed by atoms with E-state index in [1.54, 1.807) is 0 Å². The van der Waals surface area contributed by atoms with Gasteiger partial charge < -0.3 is 15.0 Å². The number of hydrogen-bond donors (Lipinski definition) is 1. The molecule has 1 spiro atoms. The third kappa shape index (κ3) is 5.13. The second-order valence-corrected chi connectivity index (χ2v) is 9.56. The molecule has 2 amide bonds. The van der Waals surface area contributed by atoms with E-state index < -0.39 is 0 Å². The highest BCUT2D eigenvalue weighted by Gasteiger charge is 2.57. The molecule has 1 N–H and O–H groups in total. The van der Waals surface area contributed by atoms with Crippen LogP contribution < -0.4 is 10.1 Å². The van der Waals surface area contributed by atoms with Crippen LogP contribution in [0.1, 0.15) is 19.4 Å². The molecule has 2 saturated heterocycles. The van der Waals surface area contributed by atoms with Gasteiger partial charge in [0, 0.05) is 44.7 Å². The van der Waals surface area contributed by atoms with Crippen LogP contribution in [0.25, 0.3) is 0 Å². The second kappa shape index (κ2) is 9.74. The lowest BCUT2D eigenvalue weighted by Gasteiger charge is -2.50. The fraction of sp³-hybridized carbons (Fsp3) is 0.462. The molecule has 0 aliphatic carbocycles. The molecule has 6 heteroatoms. The van der Waals surface area contributed by atoms with Gasteiger partial charge in [0.15, 0.2) is 6.61 Å². The molecule has 2 aliphatic heterocycles. The van der Waals surface area contributed by atoms with E-state index >= 15 is 0 Å². The Morgan fingerprint density at radius 1 is 1.03 bits per heavy atom. The highest BCUT2D eigenvalue weighted by atomic mass is 16.5. The maximum atomic E-state index is 13.1. The van der Waals surface area contributed by atoms with Gasteiger partial charge in [-0.3, -0.25) is 14.5 Å². The third-order valence-electron chi connectivity index (χ3n) is 6.44. The number of nitrogens with one attached hydrogen (secondary N) is 1. The van der Waals surface area contributed by atoms with Crippen LogP contribution in [0.5, 0.6) is 5.75 Å². The molecule has 2 aliphatic rings. The molecular weight excluding hydrogens is 402 g/mol. The summed E-state index contributed by atoms with van der Waals surface area (Å²) in [6, 6.07) is 19.7. The molecule has 0 aromatic heterocycles. The van der Waals surface area contributed by atoms with E-state index in [-0.39, 0.29) is 29.8 Å². The summed E-state index contributed by atoms with van der Waals surface area (Å²) in [5.74, 6) is 1.08. The predicted octanol–water partition coefficient (Wildman–Crippen LogP) is 2.80. The van der Waals surface area contributed by atoms with E-state index in [1.165, 1.54) is 5.56 Å². The normalized spacial score (nSPS) is 19.7. The van der Waals surface area contributed by atoms with Crippen molar-refractivity contribution in [2.24, 2.45) is 17.3 Å². The molecular formula is C26H33N3O3. The van der Waals surface area contributed by atoms with Gasteiger partial charge in [-0.1, -0.05) is 62.4 Å². The largest absolute Gasteiger partial charge is 0.484 e. The van der Waals surface area contributed by atoms with E-state index in [0.717, 1.165) is 19.6 Å². The van der Waals surface area contributed by atoms with Gasteiger partial charge in [0.05, 0.1) is 5.92 Å². The Morgan fingerprint density at radius 3 is 2.34 bits per heavy atom. The van der Waals surface area contributed by atoms with Crippen LogP contribution in [0.3, 0.4) is 0 Å². The molecule has 2 aromatic carbocycles. The Kier molecular flexibility index (Phi) is 6.80. The summed E-state index contributed by atoms with van der Waals surface area (Å²) < 4.78 is 5.63. The Balaban J connectivity index is 1.39. The van der Waals surface area contributed by atoms with Crippen LogP contribution in [0.2, 0.25) is 0 Å². The summed E-state index contributed by atoms with van der Waals surface area (Å²) in [4.78, 5) is 30.0. The predicted molar refractivity (Wildman–Crippen MR) is 124 cm³/mol. The lowest BCUT2D eigenvalue weighted by Crippen LogP contribution is -2.64. The number of likely N-dealkylation sites (tertiary alicyclic amines) is 2. The van der Waals surface area contributed by atoms with Gasteiger partial charge in [0.25, 0.3) is 5.91 Å². The zero-order valence-electron chi connectivity index (χ0n) is 19.0. The van der Waals surface area contributed by atoms with Gasteiger partial charge in [-0.25, -0.2) is 0 Å². The first-order valence-corrected chi connectivity index (χ1v) is 11.4. The van der Waals surface area contributed by atoms with E-state index in [0.29, 0.717) is 31.3 Å². The van der Waals surface area contributed by atoms with E-state index in [9.17, 15) is 9.59 Å². The first-order valence-electron chi connectivity index (χ1n) is 11.4. The van der Waals surface area contributed by atoms with Crippen LogP contribution in [-0.4, -0.2) is 60.9 Å². The van der Waals surface area contributed by atoms with Gasteiger partial charge in [0.1, 0.15) is 5.75 Å². The van der Waals surface area contributed by atoms with Crippen molar-refractivity contribution in [1.82, 2.24) is 15.1 Å². The zero-order valence-corrected chi connectivity index (χ0v) is 19.0.